The van der Waals surface area contributed by atoms with Crippen LogP contribution in [0.1, 0.15) is 32.6 Å². The van der Waals surface area contributed by atoms with E-state index in [9.17, 15) is 9.18 Å². The van der Waals surface area contributed by atoms with Gasteiger partial charge < -0.3 is 4.90 Å². The Morgan fingerprint density at radius 1 is 1.54 bits per heavy atom. The molecule has 1 spiro atoms. The van der Waals surface area contributed by atoms with Crippen LogP contribution >= 0.6 is 0 Å². The molecule has 0 unspecified atom stereocenters. The van der Waals surface area contributed by atoms with E-state index in [1.807, 2.05) is 11.8 Å². The van der Waals surface area contributed by atoms with Crippen molar-refractivity contribution < 1.29 is 9.18 Å². The van der Waals surface area contributed by atoms with Crippen LogP contribution in [-0.2, 0) is 4.79 Å². The first-order valence-electron chi connectivity index (χ1n) is 5.07. The SMILES string of the molecule is CCCC(=O)N1CC2(CC(F)C2)C1. The molecule has 2 aliphatic rings. The topological polar surface area (TPSA) is 20.3 Å². The summed E-state index contributed by atoms with van der Waals surface area (Å²) < 4.78 is 12.6. The molecule has 3 heteroatoms. The molecule has 1 saturated carbocycles. The molecule has 0 aromatic heterocycles. The van der Waals surface area contributed by atoms with Gasteiger partial charge in [0.15, 0.2) is 0 Å². The Hall–Kier alpha value is -0.600. The highest BCUT2D eigenvalue weighted by molar-refractivity contribution is 5.77. The quantitative estimate of drug-likeness (QED) is 0.641. The van der Waals surface area contributed by atoms with E-state index in [1.54, 1.807) is 0 Å². The summed E-state index contributed by atoms with van der Waals surface area (Å²) in [5, 5.41) is 0. The van der Waals surface area contributed by atoms with Gasteiger partial charge in [0.25, 0.3) is 0 Å². The van der Waals surface area contributed by atoms with Crippen molar-refractivity contribution in [3.8, 4) is 0 Å². The van der Waals surface area contributed by atoms with Crippen molar-refractivity contribution >= 4 is 5.91 Å². The molecule has 74 valence electrons. The van der Waals surface area contributed by atoms with Crippen LogP contribution in [0.4, 0.5) is 4.39 Å². The number of nitrogens with zero attached hydrogens (tertiary/aromatic N) is 1. The van der Waals surface area contributed by atoms with E-state index in [1.165, 1.54) is 0 Å². The van der Waals surface area contributed by atoms with Crippen LogP contribution in [0.3, 0.4) is 0 Å². The van der Waals surface area contributed by atoms with Crippen molar-refractivity contribution in [2.24, 2.45) is 5.41 Å². The fraction of sp³-hybridized carbons (Fsp3) is 0.900. The summed E-state index contributed by atoms with van der Waals surface area (Å²) in [5.41, 5.74) is 0.197. The molecule has 2 rings (SSSR count). The molecule has 2 fully saturated rings. The van der Waals surface area contributed by atoms with Crippen LogP contribution in [0.25, 0.3) is 0 Å². The van der Waals surface area contributed by atoms with Crippen LogP contribution in [0.15, 0.2) is 0 Å². The molecular weight excluding hydrogens is 169 g/mol. The minimum atomic E-state index is -0.594. The molecule has 0 aromatic rings. The zero-order valence-electron chi connectivity index (χ0n) is 8.05. The third-order valence-electron chi connectivity index (χ3n) is 3.18. The maximum atomic E-state index is 12.6. The molecule has 1 aliphatic carbocycles. The van der Waals surface area contributed by atoms with Crippen LogP contribution in [0.2, 0.25) is 0 Å². The maximum Gasteiger partial charge on any atom is 0.222 e. The van der Waals surface area contributed by atoms with Gasteiger partial charge in [-0.3, -0.25) is 4.79 Å². The summed E-state index contributed by atoms with van der Waals surface area (Å²) in [6, 6.07) is 0. The number of halogens is 1. The van der Waals surface area contributed by atoms with Gasteiger partial charge >= 0.3 is 0 Å². The summed E-state index contributed by atoms with van der Waals surface area (Å²) in [6.07, 6.45) is 2.33. The zero-order chi connectivity index (χ0) is 9.47. The Morgan fingerprint density at radius 2 is 2.15 bits per heavy atom. The summed E-state index contributed by atoms with van der Waals surface area (Å²) >= 11 is 0. The number of alkyl halides is 1. The van der Waals surface area contributed by atoms with Crippen LogP contribution in [0.5, 0.6) is 0 Å². The first-order chi connectivity index (χ1) is 6.15. The van der Waals surface area contributed by atoms with Crippen molar-refractivity contribution in [1.82, 2.24) is 4.90 Å². The van der Waals surface area contributed by atoms with Gasteiger partial charge in [-0.15, -0.1) is 0 Å². The van der Waals surface area contributed by atoms with Crippen molar-refractivity contribution in [2.75, 3.05) is 13.1 Å². The molecular formula is C10H16FNO. The Kier molecular flexibility index (Phi) is 2.05. The van der Waals surface area contributed by atoms with Crippen molar-refractivity contribution in [1.29, 1.82) is 0 Å². The Balaban J connectivity index is 1.75. The van der Waals surface area contributed by atoms with Crippen LogP contribution in [0, 0.1) is 5.41 Å². The third-order valence-corrected chi connectivity index (χ3v) is 3.18. The normalized spacial score (nSPS) is 25.5. The molecule has 1 heterocycles. The molecule has 0 bridgehead atoms. The lowest BCUT2D eigenvalue weighted by Crippen LogP contribution is -2.64. The predicted octanol–water partition coefficient (Wildman–Crippen LogP) is 1.75. The van der Waals surface area contributed by atoms with Crippen molar-refractivity contribution in [2.45, 2.75) is 38.8 Å². The molecule has 1 amide bonds. The summed E-state index contributed by atoms with van der Waals surface area (Å²) in [6.45, 7) is 3.63. The Bertz CT molecular complexity index is 215. The molecule has 2 nitrogen and oxygen atoms in total. The highest BCUT2D eigenvalue weighted by atomic mass is 19.1. The van der Waals surface area contributed by atoms with Gasteiger partial charge in [-0.25, -0.2) is 4.39 Å². The Morgan fingerprint density at radius 3 is 2.62 bits per heavy atom. The average Bonchev–Trinajstić information content (AvgIpc) is 1.94. The minimum Gasteiger partial charge on any atom is -0.341 e. The first kappa shape index (κ1) is 8.97. The largest absolute Gasteiger partial charge is 0.341 e. The number of likely N-dealkylation sites (tertiary alicyclic amines) is 1. The van der Waals surface area contributed by atoms with E-state index in [2.05, 4.69) is 0 Å². The first-order valence-corrected chi connectivity index (χ1v) is 5.07. The fourth-order valence-electron chi connectivity index (χ4n) is 2.45. The summed E-state index contributed by atoms with van der Waals surface area (Å²) in [7, 11) is 0. The number of carbonyl (C=O) groups is 1. The molecule has 0 radical (unpaired) electrons. The average molecular weight is 185 g/mol. The fourth-order valence-corrected chi connectivity index (χ4v) is 2.45. The third kappa shape index (κ3) is 1.45. The number of amides is 1. The van der Waals surface area contributed by atoms with Gasteiger partial charge in [-0.05, 0) is 19.3 Å². The summed E-state index contributed by atoms with van der Waals surface area (Å²) in [5.74, 6) is 0.246. The maximum absolute atomic E-state index is 12.6. The van der Waals surface area contributed by atoms with Gasteiger partial charge in [0.1, 0.15) is 6.17 Å². The molecule has 0 aromatic carbocycles. The highest BCUT2D eigenvalue weighted by Gasteiger charge is 2.53. The molecule has 1 saturated heterocycles. The number of hydrogen-bond acceptors (Lipinski definition) is 1. The van der Waals surface area contributed by atoms with E-state index in [-0.39, 0.29) is 11.3 Å². The van der Waals surface area contributed by atoms with Crippen molar-refractivity contribution in [3.05, 3.63) is 0 Å². The lowest BCUT2D eigenvalue weighted by molar-refractivity contribution is -0.156. The second kappa shape index (κ2) is 2.96. The zero-order valence-corrected chi connectivity index (χ0v) is 8.05. The van der Waals surface area contributed by atoms with E-state index in [4.69, 9.17) is 0 Å². The lowest BCUT2D eigenvalue weighted by Gasteiger charge is -2.57. The van der Waals surface area contributed by atoms with Crippen LogP contribution in [-0.4, -0.2) is 30.1 Å². The van der Waals surface area contributed by atoms with Gasteiger partial charge in [0.2, 0.25) is 5.91 Å². The number of hydrogen-bond donors (Lipinski definition) is 0. The monoisotopic (exact) mass is 185 g/mol. The summed E-state index contributed by atoms with van der Waals surface area (Å²) in [4.78, 5) is 13.2. The highest BCUT2D eigenvalue weighted by Crippen LogP contribution is 2.49. The standard InChI is InChI=1S/C10H16FNO/c1-2-3-9(13)12-6-10(7-12)4-8(11)5-10/h8H,2-7H2,1H3. The lowest BCUT2D eigenvalue weighted by atomic mass is 9.62. The number of rotatable bonds is 2. The van der Waals surface area contributed by atoms with E-state index in [0.717, 1.165) is 19.5 Å². The van der Waals surface area contributed by atoms with Crippen LogP contribution < -0.4 is 0 Å². The number of carbonyl (C=O) groups excluding carboxylic acids is 1. The van der Waals surface area contributed by atoms with Gasteiger partial charge in [-0.1, -0.05) is 6.92 Å². The Labute approximate surface area is 78.1 Å². The second-order valence-corrected chi connectivity index (χ2v) is 4.51. The van der Waals surface area contributed by atoms with Gasteiger partial charge in [0.05, 0.1) is 0 Å². The van der Waals surface area contributed by atoms with E-state index in [0.29, 0.717) is 19.3 Å². The van der Waals surface area contributed by atoms with Gasteiger partial charge in [-0.2, -0.15) is 0 Å². The molecule has 13 heavy (non-hydrogen) atoms. The minimum absolute atomic E-state index is 0.197. The van der Waals surface area contributed by atoms with E-state index >= 15 is 0 Å². The molecule has 0 atom stereocenters. The molecule has 1 aliphatic heterocycles. The molecule has 0 N–H and O–H groups in total. The van der Waals surface area contributed by atoms with Crippen molar-refractivity contribution in [3.63, 3.8) is 0 Å². The smallest absolute Gasteiger partial charge is 0.222 e. The predicted molar refractivity (Wildman–Crippen MR) is 48.1 cm³/mol. The second-order valence-electron chi connectivity index (χ2n) is 4.51. The van der Waals surface area contributed by atoms with Gasteiger partial charge in [0, 0.05) is 24.9 Å². The van der Waals surface area contributed by atoms with E-state index < -0.39 is 6.17 Å².